The van der Waals surface area contributed by atoms with Gasteiger partial charge in [-0.3, -0.25) is 0 Å². The molecule has 0 aromatic carbocycles. The number of aromatic nitrogens is 2. The van der Waals surface area contributed by atoms with Crippen molar-refractivity contribution in [2.45, 2.75) is 5.75 Å². The van der Waals surface area contributed by atoms with Gasteiger partial charge in [-0.25, -0.2) is 9.97 Å². The normalized spacial score (nSPS) is 10.3. The van der Waals surface area contributed by atoms with Gasteiger partial charge in [-0.2, -0.15) is 0 Å². The van der Waals surface area contributed by atoms with Crippen LogP contribution in [0.5, 0.6) is 0 Å². The van der Waals surface area contributed by atoms with Crippen molar-refractivity contribution in [2.24, 2.45) is 0 Å². The largest absolute Gasteiger partial charge is 0.237 e. The first-order valence-corrected chi connectivity index (χ1v) is 5.30. The van der Waals surface area contributed by atoms with Crippen molar-refractivity contribution in [3.8, 4) is 0 Å². The molecular weight excluding hydrogens is 144 g/mol. The van der Waals surface area contributed by atoms with E-state index in [2.05, 4.69) is 22.5 Å². The molecule has 0 unspecified atom stereocenters. The van der Waals surface area contributed by atoms with Gasteiger partial charge < -0.3 is 0 Å². The van der Waals surface area contributed by atoms with E-state index in [1.165, 1.54) is 0 Å². The maximum Gasteiger partial charge on any atom is 0.178 e. The lowest BCUT2D eigenvalue weighted by molar-refractivity contribution is 1.03. The van der Waals surface area contributed by atoms with Crippen molar-refractivity contribution < 1.29 is 0 Å². The molecule has 0 spiro atoms. The fourth-order valence-corrected chi connectivity index (χ4v) is 1.33. The molecule has 0 saturated heterocycles. The number of hydrogen-bond donors (Lipinski definition) is 0. The van der Waals surface area contributed by atoms with Crippen LogP contribution in [0.1, 0.15) is 5.82 Å². The Morgan fingerprint density at radius 3 is 2.40 bits per heavy atom. The van der Waals surface area contributed by atoms with Crippen LogP contribution in [-0.4, -0.2) is 22.5 Å². The number of nitrogens with zero attached hydrogens (tertiary/aromatic N) is 2. The zero-order valence-electron chi connectivity index (χ0n) is 6.24. The Morgan fingerprint density at radius 2 is 1.90 bits per heavy atom. The van der Waals surface area contributed by atoms with Gasteiger partial charge in [0, 0.05) is 12.4 Å². The summed E-state index contributed by atoms with van der Waals surface area (Å²) in [6, 6.07) is 1.84. The lowest BCUT2D eigenvalue weighted by Gasteiger charge is -1.93. The molecule has 10 heavy (non-hydrogen) atoms. The van der Waals surface area contributed by atoms with Gasteiger partial charge in [0.05, 0.1) is 12.5 Å². The van der Waals surface area contributed by atoms with Crippen LogP contribution < -0.4 is 0 Å². The number of hydrogen-bond acceptors (Lipinski definition) is 2. The van der Waals surface area contributed by atoms with E-state index < -0.39 is 0 Å². The van der Waals surface area contributed by atoms with Gasteiger partial charge in [-0.1, -0.05) is 0 Å². The van der Waals surface area contributed by atoms with Crippen molar-refractivity contribution in [3.63, 3.8) is 0 Å². The molecule has 3 heteroatoms. The van der Waals surface area contributed by atoms with E-state index in [-0.39, 0.29) is 0 Å². The summed E-state index contributed by atoms with van der Waals surface area (Å²) in [5.74, 6) is 1.96. The standard InChI is InChI=1S/C7H11N2S/c1-10(2)6-7-8-4-3-5-9-7/h3-5H,6H2,1-2H3/q+1. The van der Waals surface area contributed by atoms with E-state index in [4.69, 9.17) is 0 Å². The highest BCUT2D eigenvalue weighted by Crippen LogP contribution is 1.95. The van der Waals surface area contributed by atoms with E-state index >= 15 is 0 Å². The van der Waals surface area contributed by atoms with E-state index in [0.29, 0.717) is 10.9 Å². The van der Waals surface area contributed by atoms with Crippen LogP contribution in [0.3, 0.4) is 0 Å². The average molecular weight is 155 g/mol. The maximum absolute atomic E-state index is 4.11. The predicted molar refractivity (Wildman–Crippen MR) is 44.9 cm³/mol. The zero-order chi connectivity index (χ0) is 7.40. The highest BCUT2D eigenvalue weighted by atomic mass is 32.2. The highest BCUT2D eigenvalue weighted by Gasteiger charge is 2.04. The van der Waals surface area contributed by atoms with Crippen LogP contribution in [-0.2, 0) is 16.6 Å². The third kappa shape index (κ3) is 2.35. The molecule has 0 aliphatic carbocycles. The van der Waals surface area contributed by atoms with Gasteiger partial charge in [-0.15, -0.1) is 0 Å². The van der Waals surface area contributed by atoms with Crippen LogP contribution in [0, 0.1) is 0 Å². The van der Waals surface area contributed by atoms with Gasteiger partial charge in [0.15, 0.2) is 11.6 Å². The van der Waals surface area contributed by atoms with Gasteiger partial charge in [0.2, 0.25) is 0 Å². The smallest absolute Gasteiger partial charge is 0.178 e. The average Bonchev–Trinajstić information content (AvgIpc) is 1.88. The lowest BCUT2D eigenvalue weighted by atomic mass is 10.6. The van der Waals surface area contributed by atoms with E-state index in [0.717, 1.165) is 11.6 Å². The third-order valence-corrected chi connectivity index (χ3v) is 1.87. The van der Waals surface area contributed by atoms with Crippen molar-refractivity contribution in [2.75, 3.05) is 12.5 Å². The van der Waals surface area contributed by atoms with Crippen molar-refractivity contribution in [3.05, 3.63) is 24.3 Å². The summed E-state index contributed by atoms with van der Waals surface area (Å²) in [4.78, 5) is 8.23. The second-order valence-electron chi connectivity index (χ2n) is 2.29. The molecule has 54 valence electrons. The van der Waals surface area contributed by atoms with Gasteiger partial charge in [-0.05, 0) is 17.0 Å². The fraction of sp³-hybridized carbons (Fsp3) is 0.429. The zero-order valence-corrected chi connectivity index (χ0v) is 7.06. The molecule has 0 aliphatic rings. The van der Waals surface area contributed by atoms with E-state index in [1.54, 1.807) is 12.4 Å². The first kappa shape index (κ1) is 7.54. The van der Waals surface area contributed by atoms with Crippen molar-refractivity contribution in [1.29, 1.82) is 0 Å². The van der Waals surface area contributed by atoms with Gasteiger partial charge >= 0.3 is 0 Å². The Bertz CT molecular complexity index is 186. The molecule has 0 atom stereocenters. The molecule has 0 aliphatic heterocycles. The van der Waals surface area contributed by atoms with E-state index in [9.17, 15) is 0 Å². The van der Waals surface area contributed by atoms with Crippen molar-refractivity contribution >= 4 is 10.9 Å². The number of rotatable bonds is 2. The molecular formula is C7H11N2S+. The summed E-state index contributed by atoms with van der Waals surface area (Å²) in [6.07, 6.45) is 7.96. The summed E-state index contributed by atoms with van der Waals surface area (Å²) in [5, 5.41) is 0. The molecule has 2 nitrogen and oxygen atoms in total. The molecule has 0 bridgehead atoms. The van der Waals surface area contributed by atoms with Crippen LogP contribution in [0.2, 0.25) is 0 Å². The molecule has 0 radical (unpaired) electrons. The molecule has 0 N–H and O–H groups in total. The third-order valence-electron chi connectivity index (χ3n) is 1.04. The second-order valence-corrected chi connectivity index (χ2v) is 4.55. The summed E-state index contributed by atoms with van der Waals surface area (Å²) in [5.41, 5.74) is 0. The van der Waals surface area contributed by atoms with Gasteiger partial charge in [0.25, 0.3) is 0 Å². The predicted octanol–water partition coefficient (Wildman–Crippen LogP) is 0.854. The molecule has 1 aromatic heterocycles. The van der Waals surface area contributed by atoms with Crippen LogP contribution in [0.15, 0.2) is 18.5 Å². The Kier molecular flexibility index (Phi) is 2.68. The maximum atomic E-state index is 4.11. The SMILES string of the molecule is C[S+](C)Cc1ncccn1. The van der Waals surface area contributed by atoms with Crippen LogP contribution in [0.4, 0.5) is 0 Å². The fourth-order valence-electron chi connectivity index (χ4n) is 0.663. The topological polar surface area (TPSA) is 25.8 Å². The minimum absolute atomic E-state index is 0.408. The summed E-state index contributed by atoms with van der Waals surface area (Å²) in [6.45, 7) is 0. The quantitative estimate of drug-likeness (QED) is 0.592. The molecule has 1 rings (SSSR count). The summed E-state index contributed by atoms with van der Waals surface area (Å²) < 4.78 is 0. The molecule has 0 amide bonds. The van der Waals surface area contributed by atoms with E-state index in [1.807, 2.05) is 6.07 Å². The Labute approximate surface area is 64.1 Å². The first-order chi connectivity index (χ1) is 4.79. The highest BCUT2D eigenvalue weighted by molar-refractivity contribution is 7.94. The first-order valence-electron chi connectivity index (χ1n) is 3.09. The molecule has 0 saturated carbocycles. The summed E-state index contributed by atoms with van der Waals surface area (Å²) in [7, 11) is 0.408. The molecule has 0 fully saturated rings. The second kappa shape index (κ2) is 3.56. The monoisotopic (exact) mass is 155 g/mol. The van der Waals surface area contributed by atoms with Crippen molar-refractivity contribution in [1.82, 2.24) is 9.97 Å². The van der Waals surface area contributed by atoms with Gasteiger partial charge in [0.1, 0.15) is 0 Å². The Balaban J connectivity index is 2.59. The van der Waals surface area contributed by atoms with Crippen LogP contribution in [0.25, 0.3) is 0 Å². The minimum atomic E-state index is 0.408. The lowest BCUT2D eigenvalue weighted by Crippen LogP contribution is -2.02. The Hall–Kier alpha value is -0.570. The Morgan fingerprint density at radius 1 is 1.30 bits per heavy atom. The summed E-state index contributed by atoms with van der Waals surface area (Å²) >= 11 is 0. The van der Waals surface area contributed by atoms with Crippen LogP contribution >= 0.6 is 0 Å². The minimum Gasteiger partial charge on any atom is -0.237 e. The molecule has 1 heterocycles. The molecule has 1 aromatic rings.